The highest BCUT2D eigenvalue weighted by Crippen LogP contribution is 2.37. The van der Waals surface area contributed by atoms with Gasteiger partial charge in [0, 0.05) is 46.3 Å². The first kappa shape index (κ1) is 31.0. The molecule has 0 aliphatic carbocycles. The van der Waals surface area contributed by atoms with Crippen molar-refractivity contribution in [3.05, 3.63) is 173 Å². The van der Waals surface area contributed by atoms with E-state index in [0.717, 1.165) is 34.1 Å². The van der Waals surface area contributed by atoms with Crippen LogP contribution in [0.1, 0.15) is 13.8 Å². The van der Waals surface area contributed by atoms with Gasteiger partial charge in [0.25, 0.3) is 0 Å². The molecule has 0 aliphatic rings. The van der Waals surface area contributed by atoms with Crippen molar-refractivity contribution < 1.29 is 9.47 Å². The third kappa shape index (κ3) is 7.89. The molecule has 0 fully saturated rings. The van der Waals surface area contributed by atoms with Crippen LogP contribution in [0.4, 0.5) is 22.7 Å². The SMILES string of the molecule is C=C/C=C(\C=C)N(c1ccc(N(/C(C=C)=C/C=C)c2cccc(OC=C)c2)cc1)c1cccc(OC=C)c1.CC. The summed E-state index contributed by atoms with van der Waals surface area (Å²) in [5.41, 5.74) is 5.35. The Kier molecular flexibility index (Phi) is 12.9. The number of hydrogen-bond donors (Lipinski definition) is 0. The van der Waals surface area contributed by atoms with E-state index in [9.17, 15) is 0 Å². The van der Waals surface area contributed by atoms with E-state index in [2.05, 4.69) is 49.3 Å². The van der Waals surface area contributed by atoms with Gasteiger partial charge < -0.3 is 19.3 Å². The Balaban J connectivity index is 0.00000274. The number of anilines is 4. The van der Waals surface area contributed by atoms with Crippen LogP contribution in [0.5, 0.6) is 11.5 Å². The molecule has 0 amide bonds. The molecular weight excluding hydrogens is 492 g/mol. The van der Waals surface area contributed by atoms with Crippen molar-refractivity contribution in [2.45, 2.75) is 13.8 Å². The van der Waals surface area contributed by atoms with Gasteiger partial charge in [0.1, 0.15) is 11.5 Å². The topological polar surface area (TPSA) is 24.9 Å². The second-order valence-electron chi connectivity index (χ2n) is 7.81. The minimum Gasteiger partial charge on any atom is -0.466 e. The summed E-state index contributed by atoms with van der Waals surface area (Å²) < 4.78 is 11.0. The van der Waals surface area contributed by atoms with Crippen LogP contribution in [0.15, 0.2) is 173 Å². The highest BCUT2D eigenvalue weighted by molar-refractivity contribution is 5.76. The van der Waals surface area contributed by atoms with Crippen LogP contribution in [0.3, 0.4) is 0 Å². The molecule has 204 valence electrons. The van der Waals surface area contributed by atoms with Gasteiger partial charge in [0.05, 0.1) is 12.5 Å². The maximum atomic E-state index is 5.52. The van der Waals surface area contributed by atoms with Gasteiger partial charge in [0.15, 0.2) is 0 Å². The number of nitrogens with zero attached hydrogens (tertiary/aromatic N) is 2. The fourth-order valence-corrected chi connectivity index (χ4v) is 3.94. The molecule has 0 radical (unpaired) electrons. The third-order valence-electron chi connectivity index (χ3n) is 5.47. The monoisotopic (exact) mass is 530 g/mol. The molecule has 0 spiro atoms. The lowest BCUT2D eigenvalue weighted by Crippen LogP contribution is -2.17. The van der Waals surface area contributed by atoms with E-state index in [1.54, 1.807) is 24.3 Å². The zero-order chi connectivity index (χ0) is 29.3. The fraction of sp³-hybridized carbons (Fsp3) is 0.0556. The quantitative estimate of drug-likeness (QED) is 0.153. The normalized spacial score (nSPS) is 10.7. The Labute approximate surface area is 239 Å². The predicted octanol–water partition coefficient (Wildman–Crippen LogP) is 10.5. The molecule has 3 rings (SSSR count). The summed E-state index contributed by atoms with van der Waals surface area (Å²) in [5.74, 6) is 1.36. The Morgan fingerprint density at radius 2 is 0.925 bits per heavy atom. The van der Waals surface area contributed by atoms with E-state index >= 15 is 0 Å². The lowest BCUT2D eigenvalue weighted by molar-refractivity contribution is 0.483. The van der Waals surface area contributed by atoms with E-state index in [4.69, 9.17) is 9.47 Å². The molecule has 3 aromatic rings. The molecule has 0 saturated carbocycles. The standard InChI is InChI=1S/C34H32N2O2.C2H6/c1-7-15-27(9-3)35(31-17-13-19-33(25-31)37-11-5)29-21-23-30(24-22-29)36(28(10-4)16-8-2)32-18-14-20-34(26-32)38-12-6;1-2/h7-26H,1-6H2;1-2H3/b27-15+,28-16+;. The minimum atomic E-state index is 0.680. The van der Waals surface area contributed by atoms with Gasteiger partial charge in [-0.25, -0.2) is 0 Å². The summed E-state index contributed by atoms with van der Waals surface area (Å²) in [6.45, 7) is 27.1. The van der Waals surface area contributed by atoms with Crippen molar-refractivity contribution in [1.82, 2.24) is 0 Å². The second kappa shape index (κ2) is 16.6. The molecule has 0 heterocycles. The minimum absolute atomic E-state index is 0.680. The first-order chi connectivity index (χ1) is 19.6. The number of rotatable bonds is 14. The second-order valence-corrected chi connectivity index (χ2v) is 7.81. The van der Waals surface area contributed by atoms with Crippen molar-refractivity contribution >= 4 is 22.7 Å². The van der Waals surface area contributed by atoms with Crippen molar-refractivity contribution in [1.29, 1.82) is 0 Å². The molecule has 3 aromatic carbocycles. The van der Waals surface area contributed by atoms with E-state index in [-0.39, 0.29) is 0 Å². The van der Waals surface area contributed by atoms with Crippen LogP contribution in [0.25, 0.3) is 0 Å². The van der Waals surface area contributed by atoms with Crippen LogP contribution in [0.2, 0.25) is 0 Å². The van der Waals surface area contributed by atoms with Crippen molar-refractivity contribution in [3.8, 4) is 11.5 Å². The van der Waals surface area contributed by atoms with Crippen LogP contribution in [-0.2, 0) is 0 Å². The van der Waals surface area contributed by atoms with E-state index < -0.39 is 0 Å². The van der Waals surface area contributed by atoms with Crippen molar-refractivity contribution in [3.63, 3.8) is 0 Å². The van der Waals surface area contributed by atoms with Crippen molar-refractivity contribution in [2.75, 3.05) is 9.80 Å². The number of allylic oxidation sites excluding steroid dienone is 6. The maximum Gasteiger partial charge on any atom is 0.128 e. The average molecular weight is 531 g/mol. The zero-order valence-corrected chi connectivity index (χ0v) is 23.5. The molecule has 0 atom stereocenters. The van der Waals surface area contributed by atoms with E-state index in [1.165, 1.54) is 12.5 Å². The Morgan fingerprint density at radius 1 is 0.550 bits per heavy atom. The van der Waals surface area contributed by atoms with Crippen LogP contribution in [-0.4, -0.2) is 0 Å². The van der Waals surface area contributed by atoms with Gasteiger partial charge in [-0.05, 0) is 72.8 Å². The van der Waals surface area contributed by atoms with Gasteiger partial charge in [-0.3, -0.25) is 0 Å². The smallest absolute Gasteiger partial charge is 0.128 e. The lowest BCUT2D eigenvalue weighted by Gasteiger charge is -2.29. The zero-order valence-electron chi connectivity index (χ0n) is 23.5. The molecular formula is C36H38N2O2. The van der Waals surface area contributed by atoms with Gasteiger partial charge in [-0.2, -0.15) is 0 Å². The third-order valence-corrected chi connectivity index (χ3v) is 5.47. The first-order valence-corrected chi connectivity index (χ1v) is 13.0. The summed E-state index contributed by atoms with van der Waals surface area (Å²) in [4.78, 5) is 4.15. The highest BCUT2D eigenvalue weighted by atomic mass is 16.5. The number of benzene rings is 3. The molecule has 0 unspecified atom stereocenters. The first-order valence-electron chi connectivity index (χ1n) is 13.0. The van der Waals surface area contributed by atoms with Crippen LogP contribution in [0, 0.1) is 0 Å². The highest BCUT2D eigenvalue weighted by Gasteiger charge is 2.17. The molecule has 0 aliphatic heterocycles. The molecule has 40 heavy (non-hydrogen) atoms. The summed E-state index contributed by atoms with van der Waals surface area (Å²) >= 11 is 0. The Bertz CT molecular complexity index is 1270. The predicted molar refractivity (Wildman–Crippen MR) is 174 cm³/mol. The fourth-order valence-electron chi connectivity index (χ4n) is 3.94. The van der Waals surface area contributed by atoms with Gasteiger partial charge >= 0.3 is 0 Å². The summed E-state index contributed by atoms with van der Waals surface area (Å²) in [6.07, 6.45) is 13.7. The van der Waals surface area contributed by atoms with Gasteiger partial charge in [-0.1, -0.05) is 77.6 Å². The maximum absolute atomic E-state index is 5.52. The van der Waals surface area contributed by atoms with Gasteiger partial charge in [-0.15, -0.1) is 0 Å². The Hall–Kier alpha value is -5.22. The van der Waals surface area contributed by atoms with Gasteiger partial charge in [0.2, 0.25) is 0 Å². The Morgan fingerprint density at radius 3 is 1.23 bits per heavy atom. The molecule has 0 N–H and O–H groups in total. The molecule has 0 aromatic heterocycles. The van der Waals surface area contributed by atoms with Crippen LogP contribution < -0.4 is 19.3 Å². The van der Waals surface area contributed by atoms with E-state index in [1.807, 2.05) is 98.8 Å². The van der Waals surface area contributed by atoms with Crippen LogP contribution >= 0.6 is 0 Å². The number of hydrogen-bond acceptors (Lipinski definition) is 4. The number of ether oxygens (including phenoxy) is 2. The summed E-state index contributed by atoms with van der Waals surface area (Å²) in [6, 6.07) is 23.7. The molecule has 0 bridgehead atoms. The lowest BCUT2D eigenvalue weighted by atomic mass is 10.1. The van der Waals surface area contributed by atoms with E-state index in [0.29, 0.717) is 11.5 Å². The van der Waals surface area contributed by atoms with Crippen molar-refractivity contribution in [2.24, 2.45) is 0 Å². The molecule has 4 heteroatoms. The molecule has 4 nitrogen and oxygen atoms in total. The molecule has 0 saturated heterocycles. The average Bonchev–Trinajstić information content (AvgIpc) is 2.99. The largest absolute Gasteiger partial charge is 0.466 e. The summed E-state index contributed by atoms with van der Waals surface area (Å²) in [5, 5.41) is 0. The summed E-state index contributed by atoms with van der Waals surface area (Å²) in [7, 11) is 0.